The third-order valence-electron chi connectivity index (χ3n) is 7.00. The maximum atomic E-state index is 12.9. The molecule has 2 aliphatic rings. The Morgan fingerprint density at radius 1 is 1.00 bits per heavy atom. The van der Waals surface area contributed by atoms with Crippen LogP contribution in [0.4, 0.5) is 5.95 Å². The number of para-hydroxylation sites is 2. The first kappa shape index (κ1) is 21.0. The van der Waals surface area contributed by atoms with Gasteiger partial charge in [0.25, 0.3) is 0 Å². The highest BCUT2D eigenvalue weighted by Gasteiger charge is 2.30. The number of carbonyl (C=O) groups excluding carboxylic acids is 1. The topological polar surface area (TPSA) is 63.1 Å². The van der Waals surface area contributed by atoms with Crippen molar-refractivity contribution in [1.29, 1.82) is 0 Å². The van der Waals surface area contributed by atoms with Crippen molar-refractivity contribution in [1.82, 2.24) is 19.9 Å². The molecule has 1 aromatic carbocycles. The zero-order valence-corrected chi connectivity index (χ0v) is 18.7. The van der Waals surface area contributed by atoms with Gasteiger partial charge >= 0.3 is 0 Å². The van der Waals surface area contributed by atoms with Crippen molar-refractivity contribution in [3.05, 3.63) is 54.4 Å². The summed E-state index contributed by atoms with van der Waals surface area (Å²) in [5, 5.41) is 3.14. The minimum absolute atomic E-state index is 0.00657. The van der Waals surface area contributed by atoms with Crippen LogP contribution in [0.15, 0.2) is 48.7 Å². The first-order valence-corrected chi connectivity index (χ1v) is 12.2. The van der Waals surface area contributed by atoms with Crippen LogP contribution in [0.25, 0.3) is 11.0 Å². The largest absolute Gasteiger partial charge is 0.355 e. The molecule has 5 rings (SSSR count). The Hall–Kier alpha value is -2.89. The van der Waals surface area contributed by atoms with Crippen molar-refractivity contribution in [2.24, 2.45) is 5.92 Å². The zero-order valence-electron chi connectivity index (χ0n) is 18.7. The Morgan fingerprint density at radius 3 is 2.69 bits per heavy atom. The van der Waals surface area contributed by atoms with Gasteiger partial charge in [-0.3, -0.25) is 9.78 Å². The number of amides is 1. The third-order valence-corrected chi connectivity index (χ3v) is 7.00. The number of benzene rings is 1. The SMILES string of the molecule is O=C(NCCc1ccccn1)[C@@H]1CCCN(c2nc3ccccc3n2C2CCCCC2)C1. The second kappa shape index (κ2) is 9.72. The molecule has 1 aliphatic heterocycles. The molecule has 32 heavy (non-hydrogen) atoms. The van der Waals surface area contributed by atoms with E-state index < -0.39 is 0 Å². The van der Waals surface area contributed by atoms with E-state index in [0.717, 1.165) is 49.5 Å². The lowest BCUT2D eigenvalue weighted by Crippen LogP contribution is -2.44. The maximum absolute atomic E-state index is 12.9. The van der Waals surface area contributed by atoms with Gasteiger partial charge in [-0.25, -0.2) is 4.98 Å². The van der Waals surface area contributed by atoms with Crippen LogP contribution in [0.1, 0.15) is 56.7 Å². The number of piperidine rings is 1. The third kappa shape index (κ3) is 4.50. The fourth-order valence-corrected chi connectivity index (χ4v) is 5.33. The molecule has 0 unspecified atom stereocenters. The molecule has 0 bridgehead atoms. The highest BCUT2D eigenvalue weighted by molar-refractivity contribution is 5.81. The van der Waals surface area contributed by atoms with E-state index in [9.17, 15) is 4.79 Å². The normalized spacial score (nSPS) is 19.9. The van der Waals surface area contributed by atoms with Crippen LogP contribution in [-0.4, -0.2) is 40.1 Å². The number of hydrogen-bond donors (Lipinski definition) is 1. The van der Waals surface area contributed by atoms with Crippen LogP contribution in [0.2, 0.25) is 0 Å². The van der Waals surface area contributed by atoms with Crippen LogP contribution in [-0.2, 0) is 11.2 Å². The molecule has 2 aromatic heterocycles. The Bertz CT molecular complexity index is 1040. The van der Waals surface area contributed by atoms with Gasteiger partial charge in [-0.1, -0.05) is 37.5 Å². The second-order valence-electron chi connectivity index (χ2n) is 9.21. The van der Waals surface area contributed by atoms with Crippen LogP contribution in [0.3, 0.4) is 0 Å². The van der Waals surface area contributed by atoms with E-state index in [-0.39, 0.29) is 11.8 Å². The summed E-state index contributed by atoms with van der Waals surface area (Å²) < 4.78 is 2.48. The van der Waals surface area contributed by atoms with Gasteiger partial charge in [0.1, 0.15) is 0 Å². The smallest absolute Gasteiger partial charge is 0.224 e. The summed E-state index contributed by atoms with van der Waals surface area (Å²) in [7, 11) is 0. The van der Waals surface area contributed by atoms with E-state index in [2.05, 4.69) is 44.0 Å². The van der Waals surface area contributed by atoms with Gasteiger partial charge in [-0.15, -0.1) is 0 Å². The maximum Gasteiger partial charge on any atom is 0.224 e. The van der Waals surface area contributed by atoms with Gasteiger partial charge in [-0.2, -0.15) is 0 Å². The number of hydrogen-bond acceptors (Lipinski definition) is 4. The number of rotatable bonds is 6. The number of nitrogens with one attached hydrogen (secondary N) is 1. The Morgan fingerprint density at radius 2 is 1.84 bits per heavy atom. The van der Waals surface area contributed by atoms with Crippen LogP contribution in [0, 0.1) is 5.92 Å². The molecule has 3 aromatic rings. The molecular formula is C26H33N5O. The van der Waals surface area contributed by atoms with Gasteiger partial charge in [0, 0.05) is 44.0 Å². The number of anilines is 1. The van der Waals surface area contributed by atoms with Crippen LogP contribution in [0.5, 0.6) is 0 Å². The highest BCUT2D eigenvalue weighted by atomic mass is 16.1. The zero-order chi connectivity index (χ0) is 21.8. The van der Waals surface area contributed by atoms with Crippen molar-refractivity contribution >= 4 is 22.9 Å². The Balaban J connectivity index is 1.30. The summed E-state index contributed by atoms with van der Waals surface area (Å²) in [6, 6.07) is 14.9. The first-order chi connectivity index (χ1) is 15.8. The molecule has 168 valence electrons. The van der Waals surface area contributed by atoms with Gasteiger partial charge in [0.2, 0.25) is 11.9 Å². The quantitative estimate of drug-likeness (QED) is 0.624. The summed E-state index contributed by atoms with van der Waals surface area (Å²) in [5.74, 6) is 1.22. The molecule has 0 spiro atoms. The van der Waals surface area contributed by atoms with Crippen molar-refractivity contribution < 1.29 is 4.79 Å². The van der Waals surface area contributed by atoms with Crippen molar-refractivity contribution in [2.45, 2.75) is 57.4 Å². The average Bonchev–Trinajstić information content (AvgIpc) is 3.25. The molecule has 0 radical (unpaired) electrons. The summed E-state index contributed by atoms with van der Waals surface area (Å²) in [6.45, 7) is 2.34. The summed E-state index contributed by atoms with van der Waals surface area (Å²) in [5.41, 5.74) is 3.31. The Kier molecular flexibility index (Phi) is 6.37. The number of aromatic nitrogens is 3. The van der Waals surface area contributed by atoms with Crippen molar-refractivity contribution in [3.63, 3.8) is 0 Å². The van der Waals surface area contributed by atoms with E-state index in [1.807, 2.05) is 18.2 Å². The fraction of sp³-hybridized carbons (Fsp3) is 0.500. The lowest BCUT2D eigenvalue weighted by molar-refractivity contribution is -0.125. The van der Waals surface area contributed by atoms with Gasteiger partial charge in [0.05, 0.1) is 17.0 Å². The molecule has 1 aliphatic carbocycles. The number of carbonyl (C=O) groups is 1. The molecule has 1 amide bonds. The van der Waals surface area contributed by atoms with Crippen molar-refractivity contribution in [3.8, 4) is 0 Å². The minimum Gasteiger partial charge on any atom is -0.355 e. The number of nitrogens with zero attached hydrogens (tertiary/aromatic N) is 4. The summed E-state index contributed by atoms with van der Waals surface area (Å²) in [6.07, 6.45) is 10.9. The lowest BCUT2D eigenvalue weighted by Gasteiger charge is -2.35. The van der Waals surface area contributed by atoms with E-state index in [0.29, 0.717) is 12.6 Å². The van der Waals surface area contributed by atoms with Crippen LogP contribution >= 0.6 is 0 Å². The standard InChI is InChI=1S/C26H33N5O/c32-25(28-17-15-21-10-6-7-16-27-21)20-9-8-18-30(19-20)26-29-23-13-4-5-14-24(23)31(26)22-11-2-1-3-12-22/h4-7,10,13-14,16,20,22H,1-3,8-9,11-12,15,17-19H2,(H,28,32)/t20-/m1/s1. The monoisotopic (exact) mass is 431 g/mol. The van der Waals surface area contributed by atoms with Crippen LogP contribution < -0.4 is 10.2 Å². The summed E-state index contributed by atoms with van der Waals surface area (Å²) in [4.78, 5) is 24.7. The van der Waals surface area contributed by atoms with Gasteiger partial charge in [-0.05, 0) is 49.9 Å². The number of pyridine rings is 1. The molecule has 1 saturated carbocycles. The van der Waals surface area contributed by atoms with Gasteiger partial charge in [0.15, 0.2) is 0 Å². The average molecular weight is 432 g/mol. The van der Waals surface area contributed by atoms with E-state index in [1.165, 1.54) is 37.6 Å². The molecular weight excluding hydrogens is 398 g/mol. The van der Waals surface area contributed by atoms with Gasteiger partial charge < -0.3 is 14.8 Å². The minimum atomic E-state index is 0.00657. The van der Waals surface area contributed by atoms with Crippen molar-refractivity contribution in [2.75, 3.05) is 24.5 Å². The molecule has 1 saturated heterocycles. The summed E-state index contributed by atoms with van der Waals surface area (Å²) >= 11 is 0. The molecule has 2 fully saturated rings. The Labute approximate surface area is 190 Å². The van der Waals surface area contributed by atoms with E-state index in [4.69, 9.17) is 4.98 Å². The molecule has 6 heteroatoms. The molecule has 6 nitrogen and oxygen atoms in total. The fourth-order valence-electron chi connectivity index (χ4n) is 5.33. The highest BCUT2D eigenvalue weighted by Crippen LogP contribution is 2.36. The molecule has 3 heterocycles. The molecule has 1 atom stereocenters. The first-order valence-electron chi connectivity index (χ1n) is 12.2. The lowest BCUT2D eigenvalue weighted by atomic mass is 9.95. The number of fused-ring (bicyclic) bond motifs is 1. The van der Waals surface area contributed by atoms with E-state index in [1.54, 1.807) is 6.20 Å². The second-order valence-corrected chi connectivity index (χ2v) is 9.21. The molecule has 1 N–H and O–H groups in total. The number of imidazole rings is 1. The van der Waals surface area contributed by atoms with E-state index >= 15 is 0 Å². The predicted octanol–water partition coefficient (Wildman–Crippen LogP) is 4.51. The predicted molar refractivity (Wildman–Crippen MR) is 128 cm³/mol.